The molecule has 0 aliphatic heterocycles. The minimum Gasteiger partial charge on any atom is -0.380 e. The molecule has 1 saturated carbocycles. The molecule has 4 rings (SSSR count). The quantitative estimate of drug-likeness (QED) is 0.619. The van der Waals surface area contributed by atoms with Crippen LogP contribution in [0.3, 0.4) is 0 Å². The molecule has 0 atom stereocenters. The lowest BCUT2D eigenvalue weighted by Gasteiger charge is -2.28. The number of primary amides is 2. The number of amides is 2. The predicted molar refractivity (Wildman–Crippen MR) is 113 cm³/mol. The second kappa shape index (κ2) is 7.58. The van der Waals surface area contributed by atoms with E-state index in [0.717, 1.165) is 48.2 Å². The van der Waals surface area contributed by atoms with Crippen LogP contribution in [0.1, 0.15) is 53.3 Å². The van der Waals surface area contributed by atoms with Crippen LogP contribution in [-0.4, -0.2) is 27.5 Å². The zero-order chi connectivity index (χ0) is 20.5. The summed E-state index contributed by atoms with van der Waals surface area (Å²) in [6.07, 6.45) is 7.73. The van der Waals surface area contributed by atoms with Crippen molar-refractivity contribution in [3.63, 3.8) is 0 Å². The Morgan fingerprint density at radius 3 is 2.45 bits per heavy atom. The normalized spacial score (nSPS) is 19.2. The molecule has 0 unspecified atom stereocenters. The Hall–Kier alpha value is -3.35. The van der Waals surface area contributed by atoms with E-state index in [9.17, 15) is 9.59 Å². The number of benzene rings is 1. The van der Waals surface area contributed by atoms with E-state index in [1.165, 1.54) is 6.20 Å². The highest BCUT2D eigenvalue weighted by molar-refractivity contribution is 6.03. The second-order valence-electron chi connectivity index (χ2n) is 7.87. The van der Waals surface area contributed by atoms with Gasteiger partial charge in [-0.15, -0.1) is 0 Å². The number of hydrogen-bond donors (Lipinski definition) is 3. The third-order valence-electron chi connectivity index (χ3n) is 5.77. The molecule has 29 heavy (non-hydrogen) atoms. The molecule has 2 heterocycles. The van der Waals surface area contributed by atoms with Crippen LogP contribution < -0.4 is 16.8 Å². The molecule has 0 bridgehead atoms. The van der Waals surface area contributed by atoms with Crippen LogP contribution in [0.4, 0.5) is 5.69 Å². The molecule has 1 fully saturated rings. The fourth-order valence-electron chi connectivity index (χ4n) is 4.10. The van der Waals surface area contributed by atoms with Gasteiger partial charge in [0.05, 0.1) is 23.0 Å². The molecule has 7 nitrogen and oxygen atoms in total. The van der Waals surface area contributed by atoms with Gasteiger partial charge in [-0.2, -0.15) is 5.10 Å². The molecule has 7 heteroatoms. The maximum Gasteiger partial charge on any atom is 0.252 e. The highest BCUT2D eigenvalue weighted by atomic mass is 16.1. The van der Waals surface area contributed by atoms with Crippen molar-refractivity contribution < 1.29 is 9.59 Å². The van der Waals surface area contributed by atoms with E-state index in [1.54, 1.807) is 16.6 Å². The van der Waals surface area contributed by atoms with Gasteiger partial charge in [0.2, 0.25) is 5.91 Å². The first-order valence-electron chi connectivity index (χ1n) is 9.91. The highest BCUT2D eigenvalue weighted by Gasteiger charge is 2.22. The Balaban J connectivity index is 1.80. The van der Waals surface area contributed by atoms with Crippen molar-refractivity contribution in [2.24, 2.45) is 17.4 Å². The highest BCUT2D eigenvalue weighted by Crippen LogP contribution is 2.33. The number of hydrogen-bond acceptors (Lipinski definition) is 4. The SMILES string of the molecule is CC1CCC(Nc2c(C(N)=O)cnn3cc(-c4ccccc4C(N)=O)cc23)CC1. The molecule has 1 aromatic carbocycles. The maximum atomic E-state index is 12.1. The minimum atomic E-state index is -0.521. The van der Waals surface area contributed by atoms with E-state index in [0.29, 0.717) is 16.8 Å². The van der Waals surface area contributed by atoms with Crippen molar-refractivity contribution in [2.45, 2.75) is 38.6 Å². The van der Waals surface area contributed by atoms with E-state index < -0.39 is 11.8 Å². The first kappa shape index (κ1) is 19.0. The van der Waals surface area contributed by atoms with Gasteiger partial charge in [0.1, 0.15) is 0 Å². The summed E-state index contributed by atoms with van der Waals surface area (Å²) >= 11 is 0. The second-order valence-corrected chi connectivity index (χ2v) is 7.87. The minimum absolute atomic E-state index is 0.284. The van der Waals surface area contributed by atoms with Crippen molar-refractivity contribution in [3.05, 3.63) is 53.9 Å². The Morgan fingerprint density at radius 1 is 1.07 bits per heavy atom. The lowest BCUT2D eigenvalue weighted by atomic mass is 9.87. The van der Waals surface area contributed by atoms with Crippen LogP contribution in [0, 0.1) is 5.92 Å². The van der Waals surface area contributed by atoms with Gasteiger partial charge >= 0.3 is 0 Å². The smallest absolute Gasteiger partial charge is 0.252 e. The molecule has 3 aromatic rings. The predicted octanol–water partition coefficient (Wildman–Crippen LogP) is 3.19. The average Bonchev–Trinajstić information content (AvgIpc) is 3.14. The monoisotopic (exact) mass is 391 g/mol. The van der Waals surface area contributed by atoms with Gasteiger partial charge in [0.25, 0.3) is 5.91 Å². The first-order chi connectivity index (χ1) is 13.9. The molecule has 0 radical (unpaired) electrons. The molecule has 5 N–H and O–H groups in total. The van der Waals surface area contributed by atoms with E-state index in [1.807, 2.05) is 24.4 Å². The number of aromatic nitrogens is 2. The molecule has 1 aliphatic carbocycles. The van der Waals surface area contributed by atoms with Crippen molar-refractivity contribution in [3.8, 4) is 11.1 Å². The molecule has 0 saturated heterocycles. The standard InChI is InChI=1S/C22H25N5O2/c1-13-6-8-15(9-7-13)26-20-18(22(24)29)11-25-27-12-14(10-19(20)27)16-4-2-3-5-17(16)21(23)28/h2-5,10-13,15,26H,6-9H2,1H3,(H2,23,28)(H2,24,29). The number of nitrogens with two attached hydrogens (primary N) is 2. The van der Waals surface area contributed by atoms with E-state index in [-0.39, 0.29) is 6.04 Å². The van der Waals surface area contributed by atoms with Gasteiger partial charge in [-0.05, 0) is 49.3 Å². The Morgan fingerprint density at radius 2 is 1.76 bits per heavy atom. The number of rotatable bonds is 5. The third-order valence-corrected chi connectivity index (χ3v) is 5.77. The van der Waals surface area contributed by atoms with Crippen molar-refractivity contribution in [1.82, 2.24) is 9.61 Å². The number of anilines is 1. The maximum absolute atomic E-state index is 12.1. The summed E-state index contributed by atoms with van der Waals surface area (Å²) in [7, 11) is 0. The largest absolute Gasteiger partial charge is 0.380 e. The molecule has 0 spiro atoms. The number of carbonyl (C=O) groups is 2. The van der Waals surface area contributed by atoms with E-state index >= 15 is 0 Å². The lowest BCUT2D eigenvalue weighted by Crippen LogP contribution is -2.27. The number of carbonyl (C=O) groups excluding carboxylic acids is 2. The number of nitrogens with zero attached hydrogens (tertiary/aromatic N) is 2. The number of nitrogens with one attached hydrogen (secondary N) is 1. The topological polar surface area (TPSA) is 116 Å². The summed E-state index contributed by atoms with van der Waals surface area (Å²) in [5, 5.41) is 7.89. The van der Waals surface area contributed by atoms with Gasteiger partial charge in [0, 0.05) is 23.4 Å². The summed E-state index contributed by atoms with van der Waals surface area (Å²) in [5.74, 6) is -0.283. The molecule has 150 valence electrons. The molecule has 1 aliphatic rings. The summed E-state index contributed by atoms with van der Waals surface area (Å²) in [4.78, 5) is 23.9. The van der Waals surface area contributed by atoms with Crippen molar-refractivity contribution in [2.75, 3.05) is 5.32 Å². The average molecular weight is 391 g/mol. The Labute approximate surface area is 169 Å². The molecule has 2 amide bonds. The lowest BCUT2D eigenvalue weighted by molar-refractivity contribution is 0.0992. The summed E-state index contributed by atoms with van der Waals surface area (Å²) in [5.41, 5.74) is 14.9. The van der Waals surface area contributed by atoms with Gasteiger partial charge in [-0.3, -0.25) is 9.59 Å². The van der Waals surface area contributed by atoms with Crippen LogP contribution in [0.25, 0.3) is 16.6 Å². The van der Waals surface area contributed by atoms with Crippen LogP contribution in [-0.2, 0) is 0 Å². The van der Waals surface area contributed by atoms with Crippen LogP contribution >= 0.6 is 0 Å². The summed E-state index contributed by atoms with van der Waals surface area (Å²) in [6, 6.07) is 9.38. The fourth-order valence-corrected chi connectivity index (χ4v) is 4.10. The van der Waals surface area contributed by atoms with Crippen LogP contribution in [0.15, 0.2) is 42.7 Å². The third kappa shape index (κ3) is 3.68. The van der Waals surface area contributed by atoms with E-state index in [2.05, 4.69) is 17.3 Å². The Bertz CT molecular complexity index is 1080. The summed E-state index contributed by atoms with van der Waals surface area (Å²) < 4.78 is 1.70. The zero-order valence-corrected chi connectivity index (χ0v) is 16.4. The Kier molecular flexibility index (Phi) is 4.96. The van der Waals surface area contributed by atoms with Crippen molar-refractivity contribution in [1.29, 1.82) is 0 Å². The molecule has 2 aromatic heterocycles. The van der Waals surface area contributed by atoms with Crippen LogP contribution in [0.2, 0.25) is 0 Å². The number of fused-ring (bicyclic) bond motifs is 1. The van der Waals surface area contributed by atoms with Gasteiger partial charge in [0.15, 0.2) is 0 Å². The van der Waals surface area contributed by atoms with Gasteiger partial charge in [-0.25, -0.2) is 4.52 Å². The van der Waals surface area contributed by atoms with E-state index in [4.69, 9.17) is 11.5 Å². The zero-order valence-electron chi connectivity index (χ0n) is 16.4. The van der Waals surface area contributed by atoms with Crippen LogP contribution in [0.5, 0.6) is 0 Å². The molecular weight excluding hydrogens is 366 g/mol. The van der Waals surface area contributed by atoms with Gasteiger partial charge in [-0.1, -0.05) is 25.1 Å². The van der Waals surface area contributed by atoms with Crippen molar-refractivity contribution >= 4 is 23.0 Å². The molecular formula is C22H25N5O2. The first-order valence-corrected chi connectivity index (χ1v) is 9.91. The fraction of sp³-hybridized carbons (Fsp3) is 0.318. The van der Waals surface area contributed by atoms with Gasteiger partial charge < -0.3 is 16.8 Å². The summed E-state index contributed by atoms with van der Waals surface area (Å²) in [6.45, 7) is 2.27.